The van der Waals surface area contributed by atoms with Crippen molar-refractivity contribution in [3.8, 4) is 0 Å². The fourth-order valence-corrected chi connectivity index (χ4v) is 2.80. The van der Waals surface area contributed by atoms with Crippen molar-refractivity contribution in [2.75, 3.05) is 18.4 Å². The maximum absolute atomic E-state index is 12.1. The van der Waals surface area contributed by atoms with Crippen LogP contribution in [0.5, 0.6) is 0 Å². The summed E-state index contributed by atoms with van der Waals surface area (Å²) in [6.45, 7) is 3.13. The Labute approximate surface area is 125 Å². The molecule has 2 rings (SSSR count). The van der Waals surface area contributed by atoms with Crippen LogP contribution in [0.3, 0.4) is 0 Å². The standard InChI is InChI=1S/C13H16BrN3O3/c1-9-7-10(14)11(8-12(9)17(19)20)15-13(18)16-5-3-2-4-6-16/h7-8H,2-6H2,1H3,(H,15,18). The molecule has 1 N–H and O–H groups in total. The molecule has 6 nitrogen and oxygen atoms in total. The molecule has 1 saturated heterocycles. The average molecular weight is 342 g/mol. The third kappa shape index (κ3) is 3.27. The summed E-state index contributed by atoms with van der Waals surface area (Å²) in [4.78, 5) is 24.3. The summed E-state index contributed by atoms with van der Waals surface area (Å²) in [6, 6.07) is 2.83. The first-order chi connectivity index (χ1) is 9.49. The van der Waals surface area contributed by atoms with Crippen LogP contribution in [0, 0.1) is 17.0 Å². The summed E-state index contributed by atoms with van der Waals surface area (Å²) in [5.74, 6) is 0. The minimum absolute atomic E-state index is 0.00199. The number of hydrogen-bond acceptors (Lipinski definition) is 3. The van der Waals surface area contributed by atoms with Crippen LogP contribution in [-0.4, -0.2) is 28.9 Å². The molecule has 20 heavy (non-hydrogen) atoms. The molecule has 2 amide bonds. The highest BCUT2D eigenvalue weighted by Crippen LogP contribution is 2.31. The van der Waals surface area contributed by atoms with Crippen molar-refractivity contribution >= 4 is 33.3 Å². The van der Waals surface area contributed by atoms with Gasteiger partial charge in [0.15, 0.2) is 0 Å². The van der Waals surface area contributed by atoms with Crippen molar-refractivity contribution in [2.24, 2.45) is 0 Å². The Morgan fingerprint density at radius 2 is 2.00 bits per heavy atom. The zero-order valence-electron chi connectivity index (χ0n) is 11.2. The molecule has 0 aromatic heterocycles. The first kappa shape index (κ1) is 14.8. The second-order valence-corrected chi connectivity index (χ2v) is 5.71. The second-order valence-electron chi connectivity index (χ2n) is 4.85. The summed E-state index contributed by atoms with van der Waals surface area (Å²) < 4.78 is 0.644. The maximum Gasteiger partial charge on any atom is 0.321 e. The highest BCUT2D eigenvalue weighted by Gasteiger charge is 2.20. The highest BCUT2D eigenvalue weighted by atomic mass is 79.9. The van der Waals surface area contributed by atoms with E-state index in [1.54, 1.807) is 17.9 Å². The van der Waals surface area contributed by atoms with E-state index >= 15 is 0 Å². The molecule has 1 aliphatic heterocycles. The number of nitrogens with one attached hydrogen (secondary N) is 1. The van der Waals surface area contributed by atoms with E-state index in [0.717, 1.165) is 32.4 Å². The number of likely N-dealkylation sites (tertiary alicyclic amines) is 1. The maximum atomic E-state index is 12.1. The van der Waals surface area contributed by atoms with E-state index in [1.165, 1.54) is 6.07 Å². The Bertz CT molecular complexity index is 542. The van der Waals surface area contributed by atoms with Gasteiger partial charge in [-0.3, -0.25) is 10.1 Å². The third-order valence-electron chi connectivity index (χ3n) is 3.37. The van der Waals surface area contributed by atoms with Crippen LogP contribution in [0.15, 0.2) is 16.6 Å². The number of carbonyl (C=O) groups is 1. The lowest BCUT2D eigenvalue weighted by molar-refractivity contribution is -0.385. The molecule has 0 spiro atoms. The number of nitro benzene ring substituents is 1. The van der Waals surface area contributed by atoms with Crippen LogP contribution in [0.4, 0.5) is 16.2 Å². The lowest BCUT2D eigenvalue weighted by Gasteiger charge is -2.27. The third-order valence-corrected chi connectivity index (χ3v) is 4.02. The number of aryl methyl sites for hydroxylation is 1. The molecular weight excluding hydrogens is 326 g/mol. The van der Waals surface area contributed by atoms with Gasteiger partial charge in [0.1, 0.15) is 0 Å². The van der Waals surface area contributed by atoms with E-state index in [-0.39, 0.29) is 11.7 Å². The SMILES string of the molecule is Cc1cc(Br)c(NC(=O)N2CCCCC2)cc1[N+](=O)[O-]. The Morgan fingerprint density at radius 1 is 1.35 bits per heavy atom. The van der Waals surface area contributed by atoms with Crippen LogP contribution in [0.1, 0.15) is 24.8 Å². The lowest BCUT2D eigenvalue weighted by Crippen LogP contribution is -2.38. The Hall–Kier alpha value is -1.63. The molecule has 0 atom stereocenters. The van der Waals surface area contributed by atoms with Gasteiger partial charge in [-0.25, -0.2) is 4.79 Å². The van der Waals surface area contributed by atoms with Crippen LogP contribution in [0.25, 0.3) is 0 Å². The molecule has 0 saturated carbocycles. The molecule has 7 heteroatoms. The fraction of sp³-hybridized carbons (Fsp3) is 0.462. The first-order valence-corrected chi connectivity index (χ1v) is 7.29. The number of benzene rings is 1. The Kier molecular flexibility index (Phi) is 4.59. The van der Waals surface area contributed by atoms with Gasteiger partial charge in [-0.1, -0.05) is 0 Å². The first-order valence-electron chi connectivity index (χ1n) is 6.49. The van der Waals surface area contributed by atoms with Crippen molar-refractivity contribution in [1.29, 1.82) is 0 Å². The van der Waals surface area contributed by atoms with Gasteiger partial charge in [0.05, 0.1) is 10.6 Å². The van der Waals surface area contributed by atoms with Crippen molar-refractivity contribution < 1.29 is 9.72 Å². The lowest BCUT2D eigenvalue weighted by atomic mass is 10.1. The van der Waals surface area contributed by atoms with Crippen LogP contribution in [-0.2, 0) is 0 Å². The highest BCUT2D eigenvalue weighted by molar-refractivity contribution is 9.10. The van der Waals surface area contributed by atoms with E-state index < -0.39 is 4.92 Å². The Balaban J connectivity index is 2.18. The van der Waals surface area contributed by atoms with Crippen molar-refractivity contribution in [3.05, 3.63) is 32.3 Å². The average Bonchev–Trinajstić information content (AvgIpc) is 2.42. The van der Waals surface area contributed by atoms with E-state index in [9.17, 15) is 14.9 Å². The van der Waals surface area contributed by atoms with Gasteiger partial charge in [0.2, 0.25) is 0 Å². The molecular formula is C13H16BrN3O3. The molecule has 108 valence electrons. The smallest absolute Gasteiger partial charge is 0.321 e. The summed E-state index contributed by atoms with van der Waals surface area (Å²) in [7, 11) is 0. The predicted octanol–water partition coefficient (Wildman–Crippen LogP) is 3.68. The number of carbonyl (C=O) groups excluding carboxylic acids is 1. The summed E-state index contributed by atoms with van der Waals surface area (Å²) in [5, 5.41) is 13.7. The number of nitrogens with zero attached hydrogens (tertiary/aromatic N) is 2. The Morgan fingerprint density at radius 3 is 2.60 bits per heavy atom. The zero-order chi connectivity index (χ0) is 14.7. The topological polar surface area (TPSA) is 75.5 Å². The van der Waals surface area contributed by atoms with Crippen molar-refractivity contribution in [2.45, 2.75) is 26.2 Å². The fourth-order valence-electron chi connectivity index (χ4n) is 2.25. The monoisotopic (exact) mass is 341 g/mol. The molecule has 1 aromatic carbocycles. The number of hydrogen-bond donors (Lipinski definition) is 1. The molecule has 0 radical (unpaired) electrons. The summed E-state index contributed by atoms with van der Waals surface area (Å²) in [6.07, 6.45) is 3.15. The quantitative estimate of drug-likeness (QED) is 0.658. The largest absolute Gasteiger partial charge is 0.325 e. The number of halogens is 1. The molecule has 1 aromatic rings. The number of piperidine rings is 1. The number of nitro groups is 1. The predicted molar refractivity (Wildman–Crippen MR) is 80.0 cm³/mol. The number of anilines is 1. The van der Waals surface area contributed by atoms with Crippen LogP contribution < -0.4 is 5.32 Å². The van der Waals surface area contributed by atoms with Gasteiger partial charge in [0.25, 0.3) is 5.69 Å². The molecule has 1 fully saturated rings. The molecule has 0 aliphatic carbocycles. The molecule has 0 unspecified atom stereocenters. The van der Waals surface area contributed by atoms with Crippen molar-refractivity contribution in [1.82, 2.24) is 4.90 Å². The molecule has 1 aliphatic rings. The minimum Gasteiger partial charge on any atom is -0.325 e. The van der Waals surface area contributed by atoms with E-state index in [4.69, 9.17) is 0 Å². The summed E-state index contributed by atoms with van der Waals surface area (Å²) in [5.41, 5.74) is 0.984. The van der Waals surface area contributed by atoms with Gasteiger partial charge in [-0.15, -0.1) is 0 Å². The van der Waals surface area contributed by atoms with Crippen LogP contribution >= 0.6 is 15.9 Å². The van der Waals surface area contributed by atoms with Gasteiger partial charge in [-0.2, -0.15) is 0 Å². The van der Waals surface area contributed by atoms with Crippen molar-refractivity contribution in [3.63, 3.8) is 0 Å². The van der Waals surface area contributed by atoms with Crippen LogP contribution in [0.2, 0.25) is 0 Å². The minimum atomic E-state index is -0.446. The van der Waals surface area contributed by atoms with E-state index in [1.807, 2.05) is 0 Å². The number of rotatable bonds is 2. The normalized spacial score (nSPS) is 15.0. The number of urea groups is 1. The number of amides is 2. The van der Waals surface area contributed by atoms with Gasteiger partial charge >= 0.3 is 6.03 Å². The van der Waals surface area contributed by atoms with Gasteiger partial charge < -0.3 is 10.2 Å². The van der Waals surface area contributed by atoms with E-state index in [2.05, 4.69) is 21.2 Å². The second kappa shape index (κ2) is 6.21. The summed E-state index contributed by atoms with van der Waals surface area (Å²) >= 11 is 3.33. The van der Waals surface area contributed by atoms with E-state index in [0.29, 0.717) is 15.7 Å². The van der Waals surface area contributed by atoms with Gasteiger partial charge in [-0.05, 0) is 48.2 Å². The zero-order valence-corrected chi connectivity index (χ0v) is 12.8. The molecule has 1 heterocycles. The molecule has 0 bridgehead atoms. The van der Waals surface area contributed by atoms with Gasteiger partial charge in [0, 0.05) is 29.2 Å².